The molecule has 0 fully saturated rings. The molecular formula is C19H26ClNO3. The van der Waals surface area contributed by atoms with Gasteiger partial charge in [0.1, 0.15) is 5.75 Å². The second-order valence-corrected chi connectivity index (χ2v) is 5.90. The molecule has 1 heterocycles. The number of ether oxygens (including phenoxy) is 2. The topological polar surface area (TPSA) is 40.5 Å². The van der Waals surface area contributed by atoms with Gasteiger partial charge in [-0.15, -0.1) is 11.6 Å². The zero-order valence-corrected chi connectivity index (χ0v) is 15.7. The van der Waals surface area contributed by atoms with Crippen LogP contribution in [0.15, 0.2) is 18.2 Å². The fraction of sp³-hybridized carbons (Fsp3) is 0.526. The summed E-state index contributed by atoms with van der Waals surface area (Å²) >= 11 is 6.25. The second kappa shape index (κ2) is 8.43. The summed E-state index contributed by atoms with van der Waals surface area (Å²) in [4.78, 5) is 12.6. The van der Waals surface area contributed by atoms with Gasteiger partial charge in [-0.05, 0) is 44.9 Å². The number of aromatic nitrogens is 1. The number of carbonyl (C=O) groups is 1. The summed E-state index contributed by atoms with van der Waals surface area (Å²) in [6.07, 6.45) is 1.94. The van der Waals surface area contributed by atoms with Crippen LogP contribution >= 0.6 is 11.6 Å². The second-order valence-electron chi connectivity index (χ2n) is 5.63. The third-order valence-corrected chi connectivity index (χ3v) is 4.55. The number of nitrogens with zero attached hydrogens (tertiary/aromatic N) is 1. The average Bonchev–Trinajstić information content (AvgIpc) is 2.90. The molecule has 0 atom stereocenters. The molecule has 0 saturated carbocycles. The summed E-state index contributed by atoms with van der Waals surface area (Å²) in [5.74, 6) is 0.693. The Hall–Kier alpha value is -1.68. The molecule has 5 heteroatoms. The first-order valence-electron chi connectivity index (χ1n) is 8.65. The normalized spacial score (nSPS) is 11.2. The summed E-state index contributed by atoms with van der Waals surface area (Å²) in [5.41, 5.74) is 2.40. The molecule has 0 aliphatic heterocycles. The van der Waals surface area contributed by atoms with Gasteiger partial charge in [0.15, 0.2) is 0 Å². The number of alkyl halides is 1. The van der Waals surface area contributed by atoms with Crippen molar-refractivity contribution in [3.8, 4) is 5.75 Å². The van der Waals surface area contributed by atoms with E-state index in [0.29, 0.717) is 24.8 Å². The Balaban J connectivity index is 2.78. The van der Waals surface area contributed by atoms with E-state index in [1.54, 1.807) is 0 Å². The number of rotatable bonds is 8. The predicted molar refractivity (Wildman–Crippen MR) is 98.2 cm³/mol. The van der Waals surface area contributed by atoms with Gasteiger partial charge in [0, 0.05) is 22.6 Å². The van der Waals surface area contributed by atoms with Gasteiger partial charge in [-0.2, -0.15) is 0 Å². The highest BCUT2D eigenvalue weighted by Gasteiger charge is 2.26. The molecular weight excluding hydrogens is 326 g/mol. The molecule has 4 nitrogen and oxygen atoms in total. The highest BCUT2D eigenvalue weighted by molar-refractivity contribution is 6.18. The van der Waals surface area contributed by atoms with Crippen LogP contribution in [0.4, 0.5) is 0 Å². The Morgan fingerprint density at radius 3 is 2.42 bits per heavy atom. The monoisotopic (exact) mass is 351 g/mol. The average molecular weight is 352 g/mol. The Morgan fingerprint density at radius 2 is 1.88 bits per heavy atom. The molecule has 1 aromatic carbocycles. The van der Waals surface area contributed by atoms with Crippen LogP contribution in [-0.4, -0.2) is 23.8 Å². The molecule has 0 amide bonds. The molecule has 0 bridgehead atoms. The van der Waals surface area contributed by atoms with E-state index in [1.807, 2.05) is 32.0 Å². The maximum Gasteiger partial charge on any atom is 0.340 e. The third kappa shape index (κ3) is 3.39. The molecule has 0 N–H and O–H groups in total. The minimum Gasteiger partial charge on any atom is -0.494 e. The highest BCUT2D eigenvalue weighted by Crippen LogP contribution is 2.35. The fourth-order valence-corrected chi connectivity index (χ4v) is 3.50. The van der Waals surface area contributed by atoms with E-state index in [1.165, 1.54) is 0 Å². The van der Waals surface area contributed by atoms with Crippen molar-refractivity contribution in [1.29, 1.82) is 0 Å². The van der Waals surface area contributed by atoms with Crippen LogP contribution in [0.3, 0.4) is 0 Å². The SMILES string of the molecule is CCOC(=O)c1c(CCl)n(C(CC)CC)c2ccc(OCC)cc12. The smallest absolute Gasteiger partial charge is 0.340 e. The molecule has 2 aromatic rings. The lowest BCUT2D eigenvalue weighted by Crippen LogP contribution is -2.13. The van der Waals surface area contributed by atoms with Crippen LogP contribution in [0.25, 0.3) is 10.9 Å². The number of benzene rings is 1. The van der Waals surface area contributed by atoms with E-state index in [9.17, 15) is 4.79 Å². The lowest BCUT2D eigenvalue weighted by molar-refractivity contribution is 0.0527. The van der Waals surface area contributed by atoms with Crippen LogP contribution in [0, 0.1) is 0 Å². The van der Waals surface area contributed by atoms with Crippen LogP contribution in [0.2, 0.25) is 0 Å². The van der Waals surface area contributed by atoms with Gasteiger partial charge >= 0.3 is 5.97 Å². The molecule has 1 aromatic heterocycles. The van der Waals surface area contributed by atoms with Gasteiger partial charge in [-0.25, -0.2) is 4.79 Å². The van der Waals surface area contributed by atoms with Crippen LogP contribution in [-0.2, 0) is 10.6 Å². The fourth-order valence-electron chi connectivity index (χ4n) is 3.24. The number of esters is 1. The van der Waals surface area contributed by atoms with Crippen molar-refractivity contribution in [1.82, 2.24) is 4.57 Å². The van der Waals surface area contributed by atoms with Gasteiger partial charge in [0.2, 0.25) is 0 Å². The van der Waals surface area contributed by atoms with E-state index >= 15 is 0 Å². The van der Waals surface area contributed by atoms with Gasteiger partial charge in [0.25, 0.3) is 0 Å². The Bertz CT molecular complexity index is 704. The Labute approximate surface area is 148 Å². The van der Waals surface area contributed by atoms with Crippen molar-refractivity contribution in [3.05, 3.63) is 29.5 Å². The van der Waals surface area contributed by atoms with Crippen molar-refractivity contribution >= 4 is 28.5 Å². The van der Waals surface area contributed by atoms with Crippen LogP contribution < -0.4 is 4.74 Å². The highest BCUT2D eigenvalue weighted by atomic mass is 35.5. The standard InChI is InChI=1S/C19H26ClNO3/c1-5-13(6-2)21-16-10-9-14(23-7-3)11-15(16)18(17(21)12-20)19(22)24-8-4/h9-11,13H,5-8,12H2,1-4H3. The Kier molecular flexibility index (Phi) is 6.55. The largest absolute Gasteiger partial charge is 0.494 e. The predicted octanol–water partition coefficient (Wildman–Crippen LogP) is 5.32. The first kappa shape index (κ1) is 18.7. The molecule has 0 unspecified atom stereocenters. The summed E-state index contributed by atoms with van der Waals surface area (Å²) in [6, 6.07) is 6.16. The van der Waals surface area contributed by atoms with E-state index in [4.69, 9.17) is 21.1 Å². The number of halogens is 1. The molecule has 2 rings (SSSR count). The molecule has 0 aliphatic carbocycles. The van der Waals surface area contributed by atoms with Crippen molar-refractivity contribution in [2.45, 2.75) is 52.5 Å². The van der Waals surface area contributed by atoms with Gasteiger partial charge in [0.05, 0.1) is 24.7 Å². The quantitative estimate of drug-likeness (QED) is 0.477. The molecule has 0 radical (unpaired) electrons. The van der Waals surface area contributed by atoms with Crippen LogP contribution in [0.1, 0.15) is 62.6 Å². The molecule has 24 heavy (non-hydrogen) atoms. The Morgan fingerprint density at radius 1 is 1.17 bits per heavy atom. The number of fused-ring (bicyclic) bond motifs is 1. The van der Waals surface area contributed by atoms with E-state index in [-0.39, 0.29) is 11.8 Å². The summed E-state index contributed by atoms with van der Waals surface area (Å²) < 4.78 is 13.1. The van der Waals surface area contributed by atoms with E-state index in [2.05, 4.69) is 18.4 Å². The summed E-state index contributed by atoms with van der Waals surface area (Å²) in [5, 5.41) is 0.849. The number of carbonyl (C=O) groups excluding carboxylic acids is 1. The molecule has 0 aliphatic rings. The van der Waals surface area contributed by atoms with Crippen molar-refractivity contribution in [3.63, 3.8) is 0 Å². The minimum atomic E-state index is -0.323. The lowest BCUT2D eigenvalue weighted by Gasteiger charge is -2.19. The first-order chi connectivity index (χ1) is 11.6. The number of hydrogen-bond donors (Lipinski definition) is 0. The zero-order valence-electron chi connectivity index (χ0n) is 14.9. The minimum absolute atomic E-state index is 0.267. The van der Waals surface area contributed by atoms with E-state index < -0.39 is 0 Å². The summed E-state index contributed by atoms with van der Waals surface area (Å²) in [6.45, 7) is 8.96. The van der Waals surface area contributed by atoms with Crippen molar-refractivity contribution in [2.75, 3.05) is 13.2 Å². The van der Waals surface area contributed by atoms with E-state index in [0.717, 1.165) is 35.2 Å². The third-order valence-electron chi connectivity index (χ3n) is 4.30. The van der Waals surface area contributed by atoms with Crippen molar-refractivity contribution < 1.29 is 14.3 Å². The maximum atomic E-state index is 12.6. The molecule has 132 valence electrons. The molecule has 0 spiro atoms. The molecule has 0 saturated heterocycles. The summed E-state index contributed by atoms with van der Waals surface area (Å²) in [7, 11) is 0. The lowest BCUT2D eigenvalue weighted by atomic mass is 10.1. The first-order valence-corrected chi connectivity index (χ1v) is 9.18. The van der Waals surface area contributed by atoms with Gasteiger partial charge in [-0.3, -0.25) is 0 Å². The van der Waals surface area contributed by atoms with Gasteiger partial charge in [-0.1, -0.05) is 13.8 Å². The van der Waals surface area contributed by atoms with Gasteiger partial charge < -0.3 is 14.0 Å². The maximum absolute atomic E-state index is 12.6. The van der Waals surface area contributed by atoms with Crippen LogP contribution in [0.5, 0.6) is 5.75 Å². The van der Waals surface area contributed by atoms with Crippen molar-refractivity contribution in [2.24, 2.45) is 0 Å². The zero-order chi connectivity index (χ0) is 17.7. The number of hydrogen-bond acceptors (Lipinski definition) is 3.